The molecule has 0 bridgehead atoms. The van der Waals surface area contributed by atoms with Crippen LogP contribution in [0.3, 0.4) is 0 Å². The molecule has 0 spiro atoms. The molecular formula is C17H17Br2N. The Kier molecular flexibility index (Phi) is 4.18. The first kappa shape index (κ1) is 14.2. The van der Waals surface area contributed by atoms with Crippen molar-refractivity contribution < 1.29 is 0 Å². The van der Waals surface area contributed by atoms with E-state index in [1.165, 1.54) is 29.7 Å². The lowest BCUT2D eigenvalue weighted by atomic mass is 9.74. The van der Waals surface area contributed by atoms with Crippen LogP contribution in [-0.4, -0.2) is 6.04 Å². The standard InChI is InChI=1S/C17H17Br2N/c1-11-4-2-3-5-15(11)12-8-14(9-12)20-17-10-13(18)6-7-16(17)19/h2-7,10,12,14,20H,8-9H2,1H3. The van der Waals surface area contributed by atoms with E-state index in [2.05, 4.69) is 80.5 Å². The average molecular weight is 395 g/mol. The molecule has 0 heterocycles. The highest BCUT2D eigenvalue weighted by Crippen LogP contribution is 2.40. The van der Waals surface area contributed by atoms with Crippen molar-refractivity contribution in [3.05, 3.63) is 62.5 Å². The smallest absolute Gasteiger partial charge is 0.0498 e. The van der Waals surface area contributed by atoms with Crippen molar-refractivity contribution in [3.8, 4) is 0 Å². The number of benzene rings is 2. The SMILES string of the molecule is Cc1ccccc1C1CC(Nc2cc(Br)ccc2Br)C1. The predicted octanol–water partition coefficient (Wildman–Crippen LogP) is 5.88. The zero-order chi connectivity index (χ0) is 14.1. The van der Waals surface area contributed by atoms with Crippen molar-refractivity contribution in [2.45, 2.75) is 31.7 Å². The minimum absolute atomic E-state index is 0.574. The Morgan fingerprint density at radius 2 is 1.80 bits per heavy atom. The van der Waals surface area contributed by atoms with Crippen LogP contribution in [0.4, 0.5) is 5.69 Å². The van der Waals surface area contributed by atoms with Crippen LogP contribution in [0, 0.1) is 6.92 Å². The Morgan fingerprint density at radius 1 is 1.05 bits per heavy atom. The molecule has 2 aromatic rings. The summed E-state index contributed by atoms with van der Waals surface area (Å²) >= 11 is 7.12. The van der Waals surface area contributed by atoms with Crippen LogP contribution in [0.1, 0.15) is 29.9 Å². The summed E-state index contributed by atoms with van der Waals surface area (Å²) in [7, 11) is 0. The lowest BCUT2D eigenvalue weighted by Gasteiger charge is -2.37. The summed E-state index contributed by atoms with van der Waals surface area (Å²) in [4.78, 5) is 0. The fraction of sp³-hybridized carbons (Fsp3) is 0.294. The maximum absolute atomic E-state index is 3.63. The lowest BCUT2D eigenvalue weighted by Crippen LogP contribution is -2.34. The Labute approximate surface area is 137 Å². The highest BCUT2D eigenvalue weighted by Gasteiger charge is 2.31. The van der Waals surface area contributed by atoms with Crippen molar-refractivity contribution >= 4 is 37.5 Å². The van der Waals surface area contributed by atoms with Gasteiger partial charge in [-0.25, -0.2) is 0 Å². The van der Waals surface area contributed by atoms with Crippen molar-refractivity contribution in [1.82, 2.24) is 0 Å². The minimum atomic E-state index is 0.574. The second-order valence-corrected chi connectivity index (χ2v) is 7.26. The topological polar surface area (TPSA) is 12.0 Å². The second-order valence-electron chi connectivity index (χ2n) is 5.49. The Hall–Kier alpha value is -0.800. The van der Waals surface area contributed by atoms with Gasteiger partial charge in [0, 0.05) is 20.7 Å². The van der Waals surface area contributed by atoms with Gasteiger partial charge in [0.15, 0.2) is 0 Å². The number of nitrogens with one attached hydrogen (secondary N) is 1. The normalized spacial score (nSPS) is 21.4. The fourth-order valence-corrected chi connectivity index (χ4v) is 3.58. The maximum atomic E-state index is 3.63. The highest BCUT2D eigenvalue weighted by atomic mass is 79.9. The molecule has 3 rings (SSSR count). The van der Waals surface area contributed by atoms with Crippen LogP contribution in [-0.2, 0) is 0 Å². The van der Waals surface area contributed by atoms with E-state index in [0.717, 1.165) is 8.95 Å². The fourth-order valence-electron chi connectivity index (χ4n) is 2.86. The van der Waals surface area contributed by atoms with Gasteiger partial charge in [0.1, 0.15) is 0 Å². The van der Waals surface area contributed by atoms with Gasteiger partial charge in [-0.15, -0.1) is 0 Å². The molecule has 1 N–H and O–H groups in total. The van der Waals surface area contributed by atoms with Crippen molar-refractivity contribution in [1.29, 1.82) is 0 Å². The molecule has 0 aliphatic heterocycles. The zero-order valence-electron chi connectivity index (χ0n) is 11.4. The third kappa shape index (κ3) is 2.94. The van der Waals surface area contributed by atoms with E-state index in [4.69, 9.17) is 0 Å². The van der Waals surface area contributed by atoms with Gasteiger partial charge >= 0.3 is 0 Å². The molecule has 1 fully saturated rings. The molecule has 1 saturated carbocycles. The van der Waals surface area contributed by atoms with Crippen molar-refractivity contribution in [3.63, 3.8) is 0 Å². The Balaban J connectivity index is 1.64. The highest BCUT2D eigenvalue weighted by molar-refractivity contribution is 9.11. The van der Waals surface area contributed by atoms with E-state index in [1.807, 2.05) is 6.07 Å². The van der Waals surface area contributed by atoms with E-state index >= 15 is 0 Å². The number of anilines is 1. The van der Waals surface area contributed by atoms with Crippen LogP contribution < -0.4 is 5.32 Å². The van der Waals surface area contributed by atoms with E-state index < -0.39 is 0 Å². The summed E-state index contributed by atoms with van der Waals surface area (Å²) in [6, 6.07) is 15.6. The van der Waals surface area contributed by atoms with Gasteiger partial charge in [-0.2, -0.15) is 0 Å². The molecule has 0 aromatic heterocycles. The third-order valence-electron chi connectivity index (χ3n) is 4.05. The van der Waals surface area contributed by atoms with Crippen molar-refractivity contribution in [2.24, 2.45) is 0 Å². The molecule has 1 aliphatic carbocycles. The van der Waals surface area contributed by atoms with Gasteiger partial charge in [-0.1, -0.05) is 40.2 Å². The van der Waals surface area contributed by atoms with E-state index in [9.17, 15) is 0 Å². The van der Waals surface area contributed by atoms with Gasteiger partial charge in [-0.05, 0) is 70.9 Å². The van der Waals surface area contributed by atoms with Crippen LogP contribution >= 0.6 is 31.9 Å². The monoisotopic (exact) mass is 393 g/mol. The summed E-state index contributed by atoms with van der Waals surface area (Å²) in [6.45, 7) is 2.21. The largest absolute Gasteiger partial charge is 0.381 e. The quantitative estimate of drug-likeness (QED) is 0.685. The van der Waals surface area contributed by atoms with Crippen LogP contribution in [0.2, 0.25) is 0 Å². The van der Waals surface area contributed by atoms with Crippen LogP contribution in [0.15, 0.2) is 51.4 Å². The summed E-state index contributed by atoms with van der Waals surface area (Å²) < 4.78 is 2.23. The summed E-state index contributed by atoms with van der Waals surface area (Å²) in [6.07, 6.45) is 2.42. The molecule has 1 nitrogen and oxygen atoms in total. The first-order valence-corrected chi connectivity index (χ1v) is 8.49. The molecule has 0 saturated heterocycles. The summed E-state index contributed by atoms with van der Waals surface area (Å²) in [5.41, 5.74) is 4.10. The number of halogens is 2. The van der Waals surface area contributed by atoms with Gasteiger partial charge in [0.05, 0.1) is 0 Å². The Morgan fingerprint density at radius 3 is 2.55 bits per heavy atom. The molecule has 0 amide bonds. The van der Waals surface area contributed by atoms with E-state index in [0.29, 0.717) is 12.0 Å². The number of hydrogen-bond acceptors (Lipinski definition) is 1. The van der Waals surface area contributed by atoms with Crippen LogP contribution in [0.25, 0.3) is 0 Å². The van der Waals surface area contributed by atoms with Gasteiger partial charge in [-0.3, -0.25) is 0 Å². The zero-order valence-corrected chi connectivity index (χ0v) is 14.5. The number of hydrogen-bond donors (Lipinski definition) is 1. The van der Waals surface area contributed by atoms with Crippen molar-refractivity contribution in [2.75, 3.05) is 5.32 Å². The second kappa shape index (κ2) is 5.90. The summed E-state index contributed by atoms with van der Waals surface area (Å²) in [5.74, 6) is 0.708. The van der Waals surface area contributed by atoms with Gasteiger partial charge in [0.25, 0.3) is 0 Å². The summed E-state index contributed by atoms with van der Waals surface area (Å²) in [5, 5.41) is 3.63. The van der Waals surface area contributed by atoms with Crippen LogP contribution in [0.5, 0.6) is 0 Å². The molecular weight excluding hydrogens is 378 g/mol. The molecule has 3 heteroatoms. The lowest BCUT2D eigenvalue weighted by molar-refractivity contribution is 0.373. The number of aryl methyl sites for hydroxylation is 1. The molecule has 0 unspecified atom stereocenters. The van der Waals surface area contributed by atoms with Gasteiger partial charge in [0.2, 0.25) is 0 Å². The molecule has 0 atom stereocenters. The van der Waals surface area contributed by atoms with Gasteiger partial charge < -0.3 is 5.32 Å². The molecule has 20 heavy (non-hydrogen) atoms. The van der Waals surface area contributed by atoms with E-state index in [-0.39, 0.29) is 0 Å². The maximum Gasteiger partial charge on any atom is 0.0498 e. The molecule has 2 aromatic carbocycles. The van der Waals surface area contributed by atoms with E-state index in [1.54, 1.807) is 0 Å². The first-order chi connectivity index (χ1) is 9.63. The first-order valence-electron chi connectivity index (χ1n) is 6.90. The predicted molar refractivity (Wildman–Crippen MR) is 92.4 cm³/mol. The molecule has 104 valence electrons. The Bertz CT molecular complexity index is 618. The molecule has 0 radical (unpaired) electrons. The minimum Gasteiger partial charge on any atom is -0.381 e. The average Bonchev–Trinajstić information content (AvgIpc) is 2.38. The molecule has 1 aliphatic rings. The third-order valence-corrected chi connectivity index (χ3v) is 5.24. The number of rotatable bonds is 3.